The summed E-state index contributed by atoms with van der Waals surface area (Å²) < 4.78 is 117. The molecule has 0 N–H and O–H groups in total. The number of benzene rings is 3. The Morgan fingerprint density at radius 2 is 1.32 bits per heavy atom. The molecule has 2 aliphatic carbocycles. The fourth-order valence-electron chi connectivity index (χ4n) is 6.97. The lowest BCUT2D eigenvalue weighted by molar-refractivity contribution is -0.275. The van der Waals surface area contributed by atoms with E-state index >= 15 is 13.2 Å². The number of alkyl halides is 3. The van der Waals surface area contributed by atoms with Crippen LogP contribution in [0.3, 0.4) is 0 Å². The van der Waals surface area contributed by atoms with Gasteiger partial charge in [0.25, 0.3) is 0 Å². The minimum Gasteiger partial charge on any atom is -0.403 e. The lowest BCUT2D eigenvalue weighted by Crippen LogP contribution is -2.23. The highest BCUT2D eigenvalue weighted by Gasteiger charge is 2.37. The molecule has 1 fully saturated rings. The minimum absolute atomic E-state index is 0.111. The molecule has 9 heteroatoms. The quantitative estimate of drug-likeness (QED) is 0.170. The molecule has 5 rings (SSSR count). The molecule has 2 aliphatic rings. The molecule has 44 heavy (non-hydrogen) atoms. The van der Waals surface area contributed by atoms with Gasteiger partial charge >= 0.3 is 6.36 Å². The lowest BCUT2D eigenvalue weighted by Gasteiger charge is -2.32. The summed E-state index contributed by atoms with van der Waals surface area (Å²) in [5.41, 5.74) is 2.42. The second-order valence-corrected chi connectivity index (χ2v) is 12.3. The summed E-state index contributed by atoms with van der Waals surface area (Å²) in [6.07, 6.45) is 1.83. The highest BCUT2D eigenvalue weighted by molar-refractivity contribution is 5.41. The molecule has 0 aliphatic heterocycles. The maximum atomic E-state index is 15.8. The van der Waals surface area contributed by atoms with Gasteiger partial charge < -0.3 is 4.74 Å². The van der Waals surface area contributed by atoms with Gasteiger partial charge in [0, 0.05) is 5.56 Å². The van der Waals surface area contributed by atoms with E-state index in [1.165, 1.54) is 11.1 Å². The molecule has 0 bridgehead atoms. The summed E-state index contributed by atoms with van der Waals surface area (Å²) in [5, 5.41) is 0. The average molecular weight is 625 g/mol. The average Bonchev–Trinajstić information content (AvgIpc) is 3.00. The standard InChI is InChI=1S/C35H36F8O/c1-2-3-4-20-5-7-21(8-6-20)9-10-22-11-16-26-27(19-22)32(38)34(40)29(30(26)36)24-14-12-23(13-15-24)25-17-18-28(33(39)31(25)37)44-35(41,42)43/h5-8,17-18,22-24H,2-4,9-16,19H2,1H3. The smallest absolute Gasteiger partial charge is 0.403 e. The summed E-state index contributed by atoms with van der Waals surface area (Å²) >= 11 is 0. The Kier molecular flexibility index (Phi) is 9.90. The van der Waals surface area contributed by atoms with E-state index < -0.39 is 53.0 Å². The Labute approximate surface area is 252 Å². The van der Waals surface area contributed by atoms with Gasteiger partial charge in [-0.15, -0.1) is 13.2 Å². The van der Waals surface area contributed by atoms with E-state index in [4.69, 9.17) is 0 Å². The Morgan fingerprint density at radius 1 is 0.682 bits per heavy atom. The Bertz CT molecular complexity index is 1460. The number of aryl methyl sites for hydroxylation is 2. The van der Waals surface area contributed by atoms with Crippen LogP contribution in [-0.4, -0.2) is 6.36 Å². The van der Waals surface area contributed by atoms with Gasteiger partial charge in [0.15, 0.2) is 23.2 Å². The first-order valence-electron chi connectivity index (χ1n) is 15.5. The van der Waals surface area contributed by atoms with Crippen molar-refractivity contribution >= 4 is 0 Å². The molecule has 3 aromatic rings. The van der Waals surface area contributed by atoms with E-state index in [9.17, 15) is 22.0 Å². The molecule has 0 spiro atoms. The predicted molar refractivity (Wildman–Crippen MR) is 152 cm³/mol. The maximum Gasteiger partial charge on any atom is 0.573 e. The van der Waals surface area contributed by atoms with Gasteiger partial charge in [-0.2, -0.15) is 4.39 Å². The van der Waals surface area contributed by atoms with Gasteiger partial charge in [-0.1, -0.05) is 43.7 Å². The van der Waals surface area contributed by atoms with E-state index in [0.29, 0.717) is 12.8 Å². The fourth-order valence-corrected chi connectivity index (χ4v) is 6.97. The monoisotopic (exact) mass is 624 g/mol. The maximum absolute atomic E-state index is 15.8. The first-order chi connectivity index (χ1) is 21.0. The van der Waals surface area contributed by atoms with Crippen LogP contribution >= 0.6 is 0 Å². The van der Waals surface area contributed by atoms with Gasteiger partial charge in [0.1, 0.15) is 5.82 Å². The van der Waals surface area contributed by atoms with Crippen LogP contribution in [0.5, 0.6) is 5.75 Å². The molecule has 0 saturated heterocycles. The van der Waals surface area contributed by atoms with Crippen molar-refractivity contribution in [2.45, 2.75) is 102 Å². The third-order valence-corrected chi connectivity index (χ3v) is 9.42. The number of rotatable bonds is 9. The summed E-state index contributed by atoms with van der Waals surface area (Å²) in [6, 6.07) is 10.3. The number of hydrogen-bond acceptors (Lipinski definition) is 1. The van der Waals surface area contributed by atoms with Gasteiger partial charge in [-0.3, -0.25) is 0 Å². The Balaban J connectivity index is 1.24. The van der Waals surface area contributed by atoms with Gasteiger partial charge in [0.05, 0.1) is 0 Å². The SMILES string of the molecule is CCCCc1ccc(CCC2CCc3c(F)c(C4CCC(c5ccc(OC(F)(F)F)c(F)c5F)CC4)c(F)c(F)c3C2)cc1. The topological polar surface area (TPSA) is 9.23 Å². The van der Waals surface area contributed by atoms with E-state index in [-0.39, 0.29) is 60.3 Å². The van der Waals surface area contributed by atoms with Crippen LogP contribution in [0.25, 0.3) is 0 Å². The largest absolute Gasteiger partial charge is 0.573 e. The Morgan fingerprint density at radius 3 is 1.95 bits per heavy atom. The number of hydrogen-bond donors (Lipinski definition) is 0. The van der Waals surface area contributed by atoms with Crippen molar-refractivity contribution in [2.75, 3.05) is 0 Å². The third-order valence-electron chi connectivity index (χ3n) is 9.42. The van der Waals surface area contributed by atoms with Crippen LogP contribution in [0, 0.1) is 35.0 Å². The summed E-state index contributed by atoms with van der Waals surface area (Å²) in [6.45, 7) is 2.16. The zero-order chi connectivity index (χ0) is 31.6. The first-order valence-corrected chi connectivity index (χ1v) is 15.5. The second kappa shape index (κ2) is 13.5. The summed E-state index contributed by atoms with van der Waals surface area (Å²) in [7, 11) is 0. The van der Waals surface area contributed by atoms with Gasteiger partial charge in [-0.05, 0) is 122 Å². The van der Waals surface area contributed by atoms with Crippen LogP contribution in [0.15, 0.2) is 36.4 Å². The molecule has 0 amide bonds. The molecular weight excluding hydrogens is 588 g/mol. The lowest BCUT2D eigenvalue weighted by atomic mass is 9.73. The zero-order valence-electron chi connectivity index (χ0n) is 24.6. The van der Waals surface area contributed by atoms with Crippen LogP contribution in [0.4, 0.5) is 35.1 Å². The van der Waals surface area contributed by atoms with Crippen LogP contribution in [0.1, 0.15) is 104 Å². The molecular formula is C35H36F8O. The summed E-state index contributed by atoms with van der Waals surface area (Å²) in [5.74, 6) is -8.45. The molecule has 238 valence electrons. The zero-order valence-corrected chi connectivity index (χ0v) is 24.6. The highest BCUT2D eigenvalue weighted by atomic mass is 19.4. The van der Waals surface area contributed by atoms with Crippen LogP contribution < -0.4 is 4.74 Å². The van der Waals surface area contributed by atoms with E-state index in [1.54, 1.807) is 0 Å². The molecule has 1 saturated carbocycles. The van der Waals surface area contributed by atoms with Crippen molar-refractivity contribution in [2.24, 2.45) is 5.92 Å². The van der Waals surface area contributed by atoms with Crippen molar-refractivity contribution in [3.63, 3.8) is 0 Å². The highest BCUT2D eigenvalue weighted by Crippen LogP contribution is 2.46. The number of ether oxygens (including phenoxy) is 1. The predicted octanol–water partition coefficient (Wildman–Crippen LogP) is 10.8. The molecule has 0 heterocycles. The fraction of sp³-hybridized carbons (Fsp3) is 0.486. The molecule has 1 unspecified atom stereocenters. The number of unbranched alkanes of at least 4 members (excludes halogenated alkanes) is 1. The molecule has 3 aromatic carbocycles. The summed E-state index contributed by atoms with van der Waals surface area (Å²) in [4.78, 5) is 0. The first kappa shape index (κ1) is 32.3. The van der Waals surface area contributed by atoms with Crippen molar-refractivity contribution in [3.05, 3.63) is 98.9 Å². The number of fused-ring (bicyclic) bond motifs is 1. The molecule has 0 radical (unpaired) electrons. The van der Waals surface area contributed by atoms with Crippen molar-refractivity contribution < 1.29 is 39.9 Å². The minimum atomic E-state index is -5.17. The third kappa shape index (κ3) is 7.07. The van der Waals surface area contributed by atoms with Gasteiger partial charge in [0.2, 0.25) is 5.82 Å². The van der Waals surface area contributed by atoms with Crippen molar-refractivity contribution in [1.82, 2.24) is 0 Å². The number of halogens is 8. The van der Waals surface area contributed by atoms with Gasteiger partial charge in [-0.25, -0.2) is 17.6 Å². The van der Waals surface area contributed by atoms with Crippen molar-refractivity contribution in [1.29, 1.82) is 0 Å². The molecule has 1 atom stereocenters. The van der Waals surface area contributed by atoms with E-state index in [2.05, 4.69) is 35.9 Å². The van der Waals surface area contributed by atoms with E-state index in [0.717, 1.165) is 44.2 Å². The second-order valence-electron chi connectivity index (χ2n) is 12.3. The van der Waals surface area contributed by atoms with Crippen LogP contribution in [0.2, 0.25) is 0 Å². The normalized spacial score (nSPS) is 20.4. The van der Waals surface area contributed by atoms with E-state index in [1.807, 2.05) is 0 Å². The Hall–Kier alpha value is -3.10. The molecule has 0 aromatic heterocycles. The van der Waals surface area contributed by atoms with Crippen molar-refractivity contribution in [3.8, 4) is 5.75 Å². The van der Waals surface area contributed by atoms with Crippen LogP contribution in [-0.2, 0) is 25.7 Å². The molecule has 1 nitrogen and oxygen atoms in total.